The number of nitrogens with one attached hydrogen (secondary N) is 1. The predicted octanol–water partition coefficient (Wildman–Crippen LogP) is 5.23. The molecule has 112 valence electrons. The number of hydrogen-bond acceptors (Lipinski definition) is 2. The van der Waals surface area contributed by atoms with Crippen molar-refractivity contribution in [2.75, 3.05) is 11.9 Å². The molecular weight excluding hydrogens is 256 g/mol. The van der Waals surface area contributed by atoms with Crippen LogP contribution < -0.4 is 5.32 Å². The maximum atomic E-state index is 4.54. The first-order valence-corrected chi connectivity index (χ1v) is 8.34. The van der Waals surface area contributed by atoms with Crippen LogP contribution in [0.1, 0.15) is 49.7 Å². The molecule has 1 aromatic heterocycles. The second-order valence-corrected chi connectivity index (χ2v) is 6.56. The molecule has 1 aliphatic carbocycles. The summed E-state index contributed by atoms with van der Waals surface area (Å²) in [4.78, 5) is 4.54. The first-order valence-electron chi connectivity index (χ1n) is 8.34. The standard InChI is InChI=1S/C19H26N2/c1-14-12-15(2)19-17(13-14)18(9-11-21-19)20-10-8-16-6-4-3-5-7-16/h9,11-13,16H,3-8,10H2,1-2H3,(H,20,21). The van der Waals surface area contributed by atoms with Crippen LogP contribution in [0, 0.1) is 19.8 Å². The van der Waals surface area contributed by atoms with Crippen molar-refractivity contribution in [2.24, 2.45) is 5.92 Å². The third-order valence-electron chi connectivity index (χ3n) is 4.77. The SMILES string of the molecule is Cc1cc(C)c2nccc(NCCC3CCCCC3)c2c1. The van der Waals surface area contributed by atoms with Crippen molar-refractivity contribution in [2.45, 2.75) is 52.4 Å². The lowest BCUT2D eigenvalue weighted by atomic mass is 9.87. The van der Waals surface area contributed by atoms with E-state index in [0.29, 0.717) is 0 Å². The molecule has 0 radical (unpaired) electrons. The maximum Gasteiger partial charge on any atom is 0.0752 e. The monoisotopic (exact) mass is 282 g/mol. The minimum atomic E-state index is 0.933. The lowest BCUT2D eigenvalue weighted by Gasteiger charge is -2.22. The van der Waals surface area contributed by atoms with Gasteiger partial charge in [-0.1, -0.05) is 43.7 Å². The zero-order valence-corrected chi connectivity index (χ0v) is 13.3. The van der Waals surface area contributed by atoms with Crippen molar-refractivity contribution in [1.29, 1.82) is 0 Å². The highest BCUT2D eigenvalue weighted by Gasteiger charge is 2.13. The molecule has 1 fully saturated rings. The van der Waals surface area contributed by atoms with Crippen molar-refractivity contribution in [3.63, 3.8) is 0 Å². The summed E-state index contributed by atoms with van der Waals surface area (Å²) >= 11 is 0. The molecule has 21 heavy (non-hydrogen) atoms. The Hall–Kier alpha value is -1.57. The van der Waals surface area contributed by atoms with E-state index >= 15 is 0 Å². The van der Waals surface area contributed by atoms with Crippen LogP contribution in [0.4, 0.5) is 5.69 Å². The zero-order chi connectivity index (χ0) is 14.7. The van der Waals surface area contributed by atoms with Gasteiger partial charge in [-0.15, -0.1) is 0 Å². The maximum absolute atomic E-state index is 4.54. The van der Waals surface area contributed by atoms with Gasteiger partial charge in [-0.3, -0.25) is 4.98 Å². The van der Waals surface area contributed by atoms with E-state index in [1.807, 2.05) is 6.20 Å². The molecule has 2 aromatic rings. The van der Waals surface area contributed by atoms with E-state index in [0.717, 1.165) is 18.0 Å². The van der Waals surface area contributed by atoms with Gasteiger partial charge in [0.15, 0.2) is 0 Å². The van der Waals surface area contributed by atoms with Crippen LogP contribution in [0.15, 0.2) is 24.4 Å². The van der Waals surface area contributed by atoms with Crippen LogP contribution >= 0.6 is 0 Å². The van der Waals surface area contributed by atoms with E-state index in [-0.39, 0.29) is 0 Å². The fourth-order valence-corrected chi connectivity index (χ4v) is 3.65. The van der Waals surface area contributed by atoms with Crippen molar-refractivity contribution < 1.29 is 0 Å². The van der Waals surface area contributed by atoms with E-state index in [1.54, 1.807) is 0 Å². The molecule has 0 bridgehead atoms. The van der Waals surface area contributed by atoms with Crippen molar-refractivity contribution in [1.82, 2.24) is 4.98 Å². The molecule has 2 nitrogen and oxygen atoms in total. The summed E-state index contributed by atoms with van der Waals surface area (Å²) in [6, 6.07) is 6.57. The highest BCUT2D eigenvalue weighted by atomic mass is 14.9. The van der Waals surface area contributed by atoms with Crippen molar-refractivity contribution >= 4 is 16.6 Å². The molecule has 1 heterocycles. The quantitative estimate of drug-likeness (QED) is 0.830. The predicted molar refractivity (Wildman–Crippen MR) is 90.9 cm³/mol. The molecule has 0 spiro atoms. The van der Waals surface area contributed by atoms with Gasteiger partial charge in [0.2, 0.25) is 0 Å². The molecular formula is C19H26N2. The van der Waals surface area contributed by atoms with Gasteiger partial charge in [0, 0.05) is 23.8 Å². The summed E-state index contributed by atoms with van der Waals surface area (Å²) in [6.45, 7) is 5.39. The molecule has 1 aliphatic rings. The van der Waals surface area contributed by atoms with Crippen LogP contribution in [0.5, 0.6) is 0 Å². The molecule has 0 aliphatic heterocycles. The average Bonchev–Trinajstić information content (AvgIpc) is 2.49. The van der Waals surface area contributed by atoms with E-state index in [2.05, 4.69) is 42.3 Å². The van der Waals surface area contributed by atoms with E-state index < -0.39 is 0 Å². The number of rotatable bonds is 4. The zero-order valence-electron chi connectivity index (χ0n) is 13.3. The van der Waals surface area contributed by atoms with E-state index in [9.17, 15) is 0 Å². The first-order chi connectivity index (χ1) is 10.2. The van der Waals surface area contributed by atoms with Gasteiger partial charge in [-0.2, -0.15) is 0 Å². The minimum absolute atomic E-state index is 0.933. The van der Waals surface area contributed by atoms with Crippen molar-refractivity contribution in [3.05, 3.63) is 35.5 Å². The summed E-state index contributed by atoms with van der Waals surface area (Å²) in [5, 5.41) is 4.91. The Labute approximate surface area is 128 Å². The fourth-order valence-electron chi connectivity index (χ4n) is 3.65. The first kappa shape index (κ1) is 14.4. The molecule has 1 N–H and O–H groups in total. The van der Waals surface area contributed by atoms with Crippen LogP contribution in [-0.2, 0) is 0 Å². The number of aryl methyl sites for hydroxylation is 2. The Morgan fingerprint density at radius 2 is 1.95 bits per heavy atom. The Balaban J connectivity index is 1.71. The second kappa shape index (κ2) is 6.46. The van der Waals surface area contributed by atoms with Gasteiger partial charge in [-0.25, -0.2) is 0 Å². The molecule has 0 amide bonds. The van der Waals surface area contributed by atoms with Gasteiger partial charge in [0.1, 0.15) is 0 Å². The number of hydrogen-bond donors (Lipinski definition) is 1. The van der Waals surface area contributed by atoms with E-state index in [4.69, 9.17) is 0 Å². The van der Waals surface area contributed by atoms with Gasteiger partial charge >= 0.3 is 0 Å². The van der Waals surface area contributed by atoms with Gasteiger partial charge in [-0.05, 0) is 43.9 Å². The lowest BCUT2D eigenvalue weighted by Crippen LogP contribution is -2.12. The molecule has 3 rings (SSSR count). The van der Waals surface area contributed by atoms with Crippen LogP contribution in [0.3, 0.4) is 0 Å². The number of aromatic nitrogens is 1. The van der Waals surface area contributed by atoms with Crippen LogP contribution in [-0.4, -0.2) is 11.5 Å². The average molecular weight is 282 g/mol. The third kappa shape index (κ3) is 3.37. The Morgan fingerprint density at radius 3 is 2.76 bits per heavy atom. The highest BCUT2D eigenvalue weighted by Crippen LogP contribution is 2.28. The molecule has 1 saturated carbocycles. The Bertz CT molecular complexity index is 612. The summed E-state index contributed by atoms with van der Waals surface area (Å²) in [5.74, 6) is 0.933. The Morgan fingerprint density at radius 1 is 1.14 bits per heavy atom. The Kier molecular flexibility index (Phi) is 4.42. The number of nitrogens with zero attached hydrogens (tertiary/aromatic N) is 1. The third-order valence-corrected chi connectivity index (χ3v) is 4.77. The lowest BCUT2D eigenvalue weighted by molar-refractivity contribution is 0.345. The molecule has 0 atom stereocenters. The number of anilines is 1. The minimum Gasteiger partial charge on any atom is -0.384 e. The topological polar surface area (TPSA) is 24.9 Å². The van der Waals surface area contributed by atoms with Gasteiger partial charge in [0.05, 0.1) is 5.52 Å². The fraction of sp³-hybridized carbons (Fsp3) is 0.526. The normalized spacial score (nSPS) is 16.3. The number of benzene rings is 1. The summed E-state index contributed by atoms with van der Waals surface area (Å²) in [7, 11) is 0. The molecule has 1 aromatic carbocycles. The smallest absolute Gasteiger partial charge is 0.0752 e. The number of fused-ring (bicyclic) bond motifs is 1. The molecule has 0 saturated heterocycles. The summed E-state index contributed by atoms with van der Waals surface area (Å²) < 4.78 is 0. The molecule has 0 unspecified atom stereocenters. The molecule has 2 heteroatoms. The van der Waals surface area contributed by atoms with Gasteiger partial charge < -0.3 is 5.32 Å². The largest absolute Gasteiger partial charge is 0.384 e. The van der Waals surface area contributed by atoms with Crippen LogP contribution in [0.25, 0.3) is 10.9 Å². The van der Waals surface area contributed by atoms with Crippen LogP contribution in [0.2, 0.25) is 0 Å². The summed E-state index contributed by atoms with van der Waals surface area (Å²) in [5.41, 5.74) is 4.94. The van der Waals surface area contributed by atoms with Crippen molar-refractivity contribution in [3.8, 4) is 0 Å². The highest BCUT2D eigenvalue weighted by molar-refractivity contribution is 5.93. The van der Waals surface area contributed by atoms with E-state index in [1.165, 1.54) is 60.7 Å². The summed E-state index contributed by atoms with van der Waals surface area (Å²) in [6.07, 6.45) is 10.4. The number of pyridine rings is 1. The van der Waals surface area contributed by atoms with Gasteiger partial charge in [0.25, 0.3) is 0 Å². The second-order valence-electron chi connectivity index (χ2n) is 6.56.